The van der Waals surface area contributed by atoms with Crippen molar-refractivity contribution >= 4 is 27.5 Å². The van der Waals surface area contributed by atoms with E-state index >= 15 is 0 Å². The van der Waals surface area contributed by atoms with Gasteiger partial charge < -0.3 is 11.1 Å². The summed E-state index contributed by atoms with van der Waals surface area (Å²) in [5.41, 5.74) is 7.26. The maximum absolute atomic E-state index is 12.1. The molecule has 1 aromatic carbocycles. The van der Waals surface area contributed by atoms with E-state index in [1.165, 1.54) is 19.3 Å². The van der Waals surface area contributed by atoms with Gasteiger partial charge in [0.15, 0.2) is 0 Å². The first kappa shape index (κ1) is 13.4. The molecule has 1 aromatic rings. The van der Waals surface area contributed by atoms with Gasteiger partial charge in [-0.2, -0.15) is 0 Å². The number of hydrogen-bond acceptors (Lipinski definition) is 2. The Labute approximate surface area is 116 Å². The van der Waals surface area contributed by atoms with Crippen LogP contribution in [0.15, 0.2) is 22.7 Å². The molecule has 0 atom stereocenters. The van der Waals surface area contributed by atoms with Crippen LogP contribution in [-0.2, 0) is 0 Å². The maximum Gasteiger partial charge on any atom is 0.253 e. The van der Waals surface area contributed by atoms with Crippen molar-refractivity contribution in [1.29, 1.82) is 0 Å². The van der Waals surface area contributed by atoms with Crippen molar-refractivity contribution in [2.45, 2.75) is 32.6 Å². The molecular formula is C14H19BrN2O. The lowest BCUT2D eigenvalue weighted by Gasteiger charge is -2.41. The Bertz CT molecular complexity index is 450. The second-order valence-corrected chi connectivity index (χ2v) is 6.04. The molecule has 1 saturated carbocycles. The van der Waals surface area contributed by atoms with Crippen LogP contribution in [0.25, 0.3) is 0 Å². The fourth-order valence-corrected chi connectivity index (χ4v) is 2.81. The highest BCUT2D eigenvalue weighted by Gasteiger charge is 2.35. The lowest BCUT2D eigenvalue weighted by Crippen LogP contribution is -2.41. The van der Waals surface area contributed by atoms with Crippen molar-refractivity contribution in [3.8, 4) is 0 Å². The summed E-state index contributed by atoms with van der Waals surface area (Å²) >= 11 is 3.34. The number of hydrogen-bond donors (Lipinski definition) is 2. The van der Waals surface area contributed by atoms with Gasteiger partial charge in [-0.3, -0.25) is 4.79 Å². The van der Waals surface area contributed by atoms with Crippen LogP contribution in [0.3, 0.4) is 0 Å². The van der Waals surface area contributed by atoms with Gasteiger partial charge in [-0.25, -0.2) is 0 Å². The number of nitrogens with one attached hydrogen (secondary N) is 1. The molecule has 3 nitrogen and oxygen atoms in total. The SMILES string of the molecule is CCC1(CNC(=O)c2ccc(Br)cc2N)CCC1. The van der Waals surface area contributed by atoms with Crippen LogP contribution in [0.1, 0.15) is 43.0 Å². The largest absolute Gasteiger partial charge is 0.398 e. The Balaban J connectivity index is 1.99. The monoisotopic (exact) mass is 310 g/mol. The van der Waals surface area contributed by atoms with E-state index in [2.05, 4.69) is 28.2 Å². The molecule has 0 heterocycles. The first-order valence-corrected chi connectivity index (χ1v) is 7.19. The normalized spacial score (nSPS) is 17.0. The fraction of sp³-hybridized carbons (Fsp3) is 0.500. The van der Waals surface area contributed by atoms with Crippen molar-refractivity contribution in [3.05, 3.63) is 28.2 Å². The van der Waals surface area contributed by atoms with Crippen LogP contribution < -0.4 is 11.1 Å². The molecule has 4 heteroatoms. The Kier molecular flexibility index (Phi) is 3.95. The number of anilines is 1. The van der Waals surface area contributed by atoms with E-state index in [4.69, 9.17) is 5.73 Å². The number of nitrogens with two attached hydrogens (primary N) is 1. The van der Waals surface area contributed by atoms with Crippen LogP contribution in [-0.4, -0.2) is 12.5 Å². The molecule has 0 saturated heterocycles. The minimum atomic E-state index is -0.0697. The van der Waals surface area contributed by atoms with Gasteiger partial charge in [0.2, 0.25) is 0 Å². The summed E-state index contributed by atoms with van der Waals surface area (Å²) in [6.45, 7) is 2.96. The lowest BCUT2D eigenvalue weighted by molar-refractivity contribution is 0.0851. The van der Waals surface area contributed by atoms with E-state index in [1.54, 1.807) is 12.1 Å². The van der Waals surface area contributed by atoms with Gasteiger partial charge in [0, 0.05) is 16.7 Å². The first-order valence-electron chi connectivity index (χ1n) is 6.39. The highest BCUT2D eigenvalue weighted by molar-refractivity contribution is 9.10. The fourth-order valence-electron chi connectivity index (χ4n) is 2.44. The van der Waals surface area contributed by atoms with Crippen LogP contribution in [0, 0.1) is 5.41 Å². The molecule has 1 amide bonds. The number of carbonyl (C=O) groups excluding carboxylic acids is 1. The number of benzene rings is 1. The molecule has 1 aliphatic rings. The van der Waals surface area contributed by atoms with Gasteiger partial charge in [0.25, 0.3) is 5.91 Å². The van der Waals surface area contributed by atoms with E-state index in [0.29, 0.717) is 16.7 Å². The van der Waals surface area contributed by atoms with Crippen LogP contribution in [0.4, 0.5) is 5.69 Å². The molecule has 3 N–H and O–H groups in total. The zero-order valence-corrected chi connectivity index (χ0v) is 12.2. The maximum atomic E-state index is 12.1. The number of halogens is 1. The van der Waals surface area contributed by atoms with Crippen molar-refractivity contribution in [3.63, 3.8) is 0 Å². The van der Waals surface area contributed by atoms with Gasteiger partial charge in [0.05, 0.1) is 5.56 Å². The van der Waals surface area contributed by atoms with Crippen molar-refractivity contribution < 1.29 is 4.79 Å². The average molecular weight is 311 g/mol. The molecule has 0 aromatic heterocycles. The van der Waals surface area contributed by atoms with E-state index in [1.807, 2.05) is 6.07 Å². The third kappa shape index (κ3) is 2.69. The predicted molar refractivity (Wildman–Crippen MR) is 77.5 cm³/mol. The van der Waals surface area contributed by atoms with Gasteiger partial charge in [-0.05, 0) is 42.9 Å². The molecular weight excluding hydrogens is 292 g/mol. The zero-order chi connectivity index (χ0) is 13.2. The van der Waals surface area contributed by atoms with Gasteiger partial charge in [-0.1, -0.05) is 29.3 Å². The molecule has 1 aliphatic carbocycles. The average Bonchev–Trinajstić information content (AvgIpc) is 2.27. The van der Waals surface area contributed by atoms with E-state index < -0.39 is 0 Å². The summed E-state index contributed by atoms with van der Waals surface area (Å²) in [7, 11) is 0. The topological polar surface area (TPSA) is 55.1 Å². The minimum Gasteiger partial charge on any atom is -0.398 e. The third-order valence-electron chi connectivity index (χ3n) is 4.05. The first-order chi connectivity index (χ1) is 8.56. The second kappa shape index (κ2) is 5.31. The molecule has 1 fully saturated rings. The summed E-state index contributed by atoms with van der Waals surface area (Å²) in [6.07, 6.45) is 4.85. The third-order valence-corrected chi connectivity index (χ3v) is 4.54. The summed E-state index contributed by atoms with van der Waals surface area (Å²) < 4.78 is 0.889. The van der Waals surface area contributed by atoms with Gasteiger partial charge >= 0.3 is 0 Å². The van der Waals surface area contributed by atoms with Crippen LogP contribution in [0.2, 0.25) is 0 Å². The summed E-state index contributed by atoms with van der Waals surface area (Å²) in [5, 5.41) is 3.02. The highest BCUT2D eigenvalue weighted by atomic mass is 79.9. The number of carbonyl (C=O) groups is 1. The smallest absolute Gasteiger partial charge is 0.253 e. The van der Waals surface area contributed by atoms with E-state index in [0.717, 1.165) is 17.4 Å². The van der Waals surface area contributed by atoms with Crippen LogP contribution >= 0.6 is 15.9 Å². The van der Waals surface area contributed by atoms with Gasteiger partial charge in [0.1, 0.15) is 0 Å². The number of amides is 1. The Morgan fingerprint density at radius 1 is 1.50 bits per heavy atom. The van der Waals surface area contributed by atoms with E-state index in [-0.39, 0.29) is 5.91 Å². The standard InChI is InChI=1S/C14H19BrN2O/c1-2-14(6-3-7-14)9-17-13(18)11-5-4-10(15)8-12(11)16/h4-5,8H,2-3,6-7,9,16H2,1H3,(H,17,18). The summed E-state index contributed by atoms with van der Waals surface area (Å²) in [4.78, 5) is 12.1. The Hall–Kier alpha value is -1.03. The van der Waals surface area contributed by atoms with Crippen molar-refractivity contribution in [1.82, 2.24) is 5.32 Å². The lowest BCUT2D eigenvalue weighted by atomic mass is 9.67. The molecule has 0 bridgehead atoms. The summed E-state index contributed by atoms with van der Waals surface area (Å²) in [5.74, 6) is -0.0697. The molecule has 0 unspecified atom stereocenters. The van der Waals surface area contributed by atoms with Crippen LogP contribution in [0.5, 0.6) is 0 Å². The van der Waals surface area contributed by atoms with Crippen molar-refractivity contribution in [2.24, 2.45) is 5.41 Å². The zero-order valence-electron chi connectivity index (χ0n) is 10.6. The van der Waals surface area contributed by atoms with Crippen molar-refractivity contribution in [2.75, 3.05) is 12.3 Å². The highest BCUT2D eigenvalue weighted by Crippen LogP contribution is 2.43. The summed E-state index contributed by atoms with van der Waals surface area (Å²) in [6, 6.07) is 5.35. The van der Waals surface area contributed by atoms with E-state index in [9.17, 15) is 4.79 Å². The quantitative estimate of drug-likeness (QED) is 0.838. The van der Waals surface area contributed by atoms with Gasteiger partial charge in [-0.15, -0.1) is 0 Å². The molecule has 0 radical (unpaired) electrons. The molecule has 0 spiro atoms. The molecule has 0 aliphatic heterocycles. The predicted octanol–water partition coefficient (Wildman–Crippen LogP) is 3.34. The molecule has 2 rings (SSSR count). The molecule has 98 valence electrons. The number of nitrogen functional groups attached to an aromatic ring is 1. The Morgan fingerprint density at radius 3 is 2.72 bits per heavy atom. The number of rotatable bonds is 4. The Morgan fingerprint density at radius 2 is 2.22 bits per heavy atom. The molecule has 18 heavy (non-hydrogen) atoms. The second-order valence-electron chi connectivity index (χ2n) is 5.12. The minimum absolute atomic E-state index is 0.0697.